The van der Waals surface area contributed by atoms with Crippen molar-refractivity contribution >= 4 is 0 Å². The highest BCUT2D eigenvalue weighted by Crippen LogP contribution is 2.38. The van der Waals surface area contributed by atoms with Crippen LogP contribution in [-0.4, -0.2) is 11.6 Å². The topological polar surface area (TPSA) is 22.1 Å². The van der Waals surface area contributed by atoms with E-state index in [0.717, 1.165) is 63.4 Å². The van der Waals surface area contributed by atoms with Gasteiger partial charge in [0.25, 0.3) is 5.95 Å². The van der Waals surface area contributed by atoms with Crippen LogP contribution in [0.25, 0.3) is 0 Å². The molecule has 1 aliphatic rings. The molecule has 0 aliphatic heterocycles. The molecule has 0 saturated heterocycles. The summed E-state index contributed by atoms with van der Waals surface area (Å²) in [5.74, 6) is -1.39. The standard InChI is InChI=1S/C23H28F3NO/c1-2-3-14-28-20-12-10-18(11-13-20)17-7-4-16(5-8-17)6-9-19-15-21(24)23(26)27-22(19)25/h10-13,15-17H,2-9,14H2,1H3/t16-,17-. The van der Waals surface area contributed by atoms with Gasteiger partial charge in [-0.25, -0.2) is 4.39 Å². The van der Waals surface area contributed by atoms with Crippen molar-refractivity contribution in [3.63, 3.8) is 0 Å². The highest BCUT2D eigenvalue weighted by molar-refractivity contribution is 5.29. The maximum Gasteiger partial charge on any atom is 0.251 e. The van der Waals surface area contributed by atoms with E-state index in [2.05, 4.69) is 36.2 Å². The van der Waals surface area contributed by atoms with Crippen molar-refractivity contribution in [3.05, 3.63) is 59.2 Å². The van der Waals surface area contributed by atoms with Crippen LogP contribution in [0.4, 0.5) is 13.2 Å². The fourth-order valence-corrected chi connectivity index (χ4v) is 3.97. The minimum Gasteiger partial charge on any atom is -0.494 e. The second-order valence-corrected chi connectivity index (χ2v) is 7.74. The molecule has 1 aliphatic carbocycles. The lowest BCUT2D eigenvalue weighted by atomic mass is 9.77. The molecule has 28 heavy (non-hydrogen) atoms. The van der Waals surface area contributed by atoms with Crippen molar-refractivity contribution in [3.8, 4) is 5.75 Å². The van der Waals surface area contributed by atoms with Crippen molar-refractivity contribution in [2.75, 3.05) is 6.61 Å². The van der Waals surface area contributed by atoms with Gasteiger partial charge in [0.05, 0.1) is 6.61 Å². The Bertz CT molecular complexity index is 755. The van der Waals surface area contributed by atoms with E-state index in [1.165, 1.54) is 5.56 Å². The van der Waals surface area contributed by atoms with E-state index >= 15 is 0 Å². The van der Waals surface area contributed by atoms with Crippen LogP contribution in [0.15, 0.2) is 30.3 Å². The van der Waals surface area contributed by atoms with Gasteiger partial charge in [0.1, 0.15) is 5.75 Å². The zero-order valence-electron chi connectivity index (χ0n) is 16.4. The number of aromatic nitrogens is 1. The van der Waals surface area contributed by atoms with E-state index in [1.807, 2.05) is 0 Å². The molecular weight excluding hydrogens is 363 g/mol. The van der Waals surface area contributed by atoms with Gasteiger partial charge in [-0.05, 0) is 80.5 Å². The maximum absolute atomic E-state index is 13.7. The van der Waals surface area contributed by atoms with Gasteiger partial charge < -0.3 is 4.74 Å². The van der Waals surface area contributed by atoms with Crippen molar-refractivity contribution in [1.82, 2.24) is 4.98 Å². The van der Waals surface area contributed by atoms with Crippen LogP contribution in [-0.2, 0) is 6.42 Å². The number of rotatable bonds is 8. The molecule has 2 aromatic rings. The van der Waals surface area contributed by atoms with Gasteiger partial charge in [-0.1, -0.05) is 25.5 Å². The lowest BCUT2D eigenvalue weighted by Gasteiger charge is -2.29. The summed E-state index contributed by atoms with van der Waals surface area (Å²) in [6.45, 7) is 2.91. The first-order chi connectivity index (χ1) is 13.6. The molecule has 0 atom stereocenters. The number of aryl methyl sites for hydroxylation is 1. The molecule has 3 rings (SSSR count). The molecule has 1 heterocycles. The van der Waals surface area contributed by atoms with E-state index in [-0.39, 0.29) is 5.56 Å². The summed E-state index contributed by atoms with van der Waals surface area (Å²) >= 11 is 0. The number of halogens is 3. The van der Waals surface area contributed by atoms with Gasteiger partial charge in [0.2, 0.25) is 5.95 Å². The fourth-order valence-electron chi connectivity index (χ4n) is 3.97. The summed E-state index contributed by atoms with van der Waals surface area (Å²) in [4.78, 5) is 3.00. The van der Waals surface area contributed by atoms with Gasteiger partial charge in [-0.2, -0.15) is 13.8 Å². The summed E-state index contributed by atoms with van der Waals surface area (Å²) in [5, 5.41) is 0. The van der Waals surface area contributed by atoms with Crippen LogP contribution < -0.4 is 4.74 Å². The molecule has 0 spiro atoms. The van der Waals surface area contributed by atoms with Crippen LogP contribution in [0.3, 0.4) is 0 Å². The summed E-state index contributed by atoms with van der Waals surface area (Å²) in [5.41, 5.74) is 1.51. The minimum atomic E-state index is -1.37. The van der Waals surface area contributed by atoms with Crippen LogP contribution in [0.5, 0.6) is 5.75 Å². The Morgan fingerprint density at radius 2 is 1.71 bits per heavy atom. The Hall–Kier alpha value is -2.04. The number of nitrogens with zero attached hydrogens (tertiary/aromatic N) is 1. The predicted octanol–water partition coefficient (Wildman–Crippen LogP) is 6.58. The average molecular weight is 391 g/mol. The average Bonchev–Trinajstić information content (AvgIpc) is 2.71. The van der Waals surface area contributed by atoms with Crippen molar-refractivity contribution < 1.29 is 17.9 Å². The first-order valence-corrected chi connectivity index (χ1v) is 10.3. The van der Waals surface area contributed by atoms with Crippen LogP contribution >= 0.6 is 0 Å². The fraction of sp³-hybridized carbons (Fsp3) is 0.522. The Morgan fingerprint density at radius 1 is 1.00 bits per heavy atom. The quantitative estimate of drug-likeness (QED) is 0.374. The molecule has 0 bridgehead atoms. The Balaban J connectivity index is 1.46. The van der Waals surface area contributed by atoms with E-state index in [9.17, 15) is 13.2 Å². The minimum absolute atomic E-state index is 0.166. The first kappa shape index (κ1) is 20.7. The van der Waals surface area contributed by atoms with Crippen molar-refractivity contribution in [1.29, 1.82) is 0 Å². The van der Waals surface area contributed by atoms with Gasteiger partial charge in [-0.3, -0.25) is 0 Å². The molecule has 0 radical (unpaired) electrons. The van der Waals surface area contributed by atoms with Gasteiger partial charge in [0, 0.05) is 5.56 Å². The Morgan fingerprint density at radius 3 is 2.39 bits per heavy atom. The summed E-state index contributed by atoms with van der Waals surface area (Å²) in [7, 11) is 0. The molecule has 1 saturated carbocycles. The molecule has 152 valence electrons. The molecule has 1 aromatic heterocycles. The third-order valence-electron chi connectivity index (χ3n) is 5.75. The van der Waals surface area contributed by atoms with Gasteiger partial charge >= 0.3 is 0 Å². The highest BCUT2D eigenvalue weighted by atomic mass is 19.2. The van der Waals surface area contributed by atoms with E-state index < -0.39 is 17.7 Å². The number of benzene rings is 1. The monoisotopic (exact) mass is 391 g/mol. The third-order valence-corrected chi connectivity index (χ3v) is 5.75. The van der Waals surface area contributed by atoms with Crippen LogP contribution in [0.1, 0.15) is 68.9 Å². The van der Waals surface area contributed by atoms with Gasteiger partial charge in [0.15, 0.2) is 5.82 Å². The number of hydrogen-bond acceptors (Lipinski definition) is 2. The van der Waals surface area contributed by atoms with Crippen LogP contribution in [0.2, 0.25) is 0 Å². The Kier molecular flexibility index (Phi) is 7.35. The lowest BCUT2D eigenvalue weighted by molar-refractivity contribution is 0.305. The SMILES string of the molecule is CCCCOc1ccc([C@H]2CC[C@H](CCc3cc(F)c(F)nc3F)CC2)cc1. The molecule has 2 nitrogen and oxygen atoms in total. The normalized spacial score (nSPS) is 19.6. The summed E-state index contributed by atoms with van der Waals surface area (Å²) in [6, 6.07) is 9.36. The first-order valence-electron chi connectivity index (χ1n) is 10.3. The smallest absolute Gasteiger partial charge is 0.251 e. The second kappa shape index (κ2) is 9.94. The highest BCUT2D eigenvalue weighted by Gasteiger charge is 2.23. The molecule has 0 unspecified atom stereocenters. The zero-order valence-corrected chi connectivity index (χ0v) is 16.4. The number of ether oxygens (including phenoxy) is 1. The second-order valence-electron chi connectivity index (χ2n) is 7.74. The molecule has 1 fully saturated rings. The number of hydrogen-bond donors (Lipinski definition) is 0. The predicted molar refractivity (Wildman–Crippen MR) is 104 cm³/mol. The van der Waals surface area contributed by atoms with Gasteiger partial charge in [-0.15, -0.1) is 0 Å². The molecule has 0 N–H and O–H groups in total. The van der Waals surface area contributed by atoms with Crippen molar-refractivity contribution in [2.45, 2.75) is 64.2 Å². The van der Waals surface area contributed by atoms with Crippen molar-refractivity contribution in [2.24, 2.45) is 5.92 Å². The molecule has 5 heteroatoms. The summed E-state index contributed by atoms with van der Waals surface area (Å²) < 4.78 is 45.6. The zero-order chi connectivity index (χ0) is 19.9. The third kappa shape index (κ3) is 5.49. The van der Waals surface area contributed by atoms with Crippen LogP contribution in [0, 0.1) is 23.6 Å². The van der Waals surface area contributed by atoms with E-state index in [4.69, 9.17) is 4.74 Å². The number of unbranched alkanes of at least 4 members (excludes halogenated alkanes) is 1. The molecular formula is C23H28F3NO. The Labute approximate surface area is 165 Å². The van der Waals surface area contributed by atoms with E-state index in [1.54, 1.807) is 0 Å². The summed E-state index contributed by atoms with van der Waals surface area (Å²) in [6.07, 6.45) is 7.70. The molecule has 1 aromatic carbocycles. The molecule has 0 amide bonds. The lowest BCUT2D eigenvalue weighted by Crippen LogP contribution is -2.14. The van der Waals surface area contributed by atoms with E-state index in [0.29, 0.717) is 18.3 Å². The number of pyridine rings is 1. The maximum atomic E-state index is 13.7. The largest absolute Gasteiger partial charge is 0.494 e.